The quantitative estimate of drug-likeness (QED) is 0.909. The molecule has 4 nitrogen and oxygen atoms in total. The molecule has 2 rings (SSSR count). The summed E-state index contributed by atoms with van der Waals surface area (Å²) >= 11 is 1.97. The van der Waals surface area contributed by atoms with Gasteiger partial charge < -0.3 is 10.0 Å². The summed E-state index contributed by atoms with van der Waals surface area (Å²) < 4.78 is 0. The number of nitrogens with zero attached hydrogens (tertiary/aromatic N) is 2. The number of rotatable bonds is 4. The molecule has 0 aliphatic carbocycles. The number of amides is 1. The SMILES string of the molecule is O=C(O)N1CCC(SCCc2ccncc2)CC1. The number of hydrogen-bond donors (Lipinski definition) is 1. The molecule has 1 aliphatic heterocycles. The van der Waals surface area contributed by atoms with Crippen LogP contribution in [0, 0.1) is 0 Å². The normalized spacial score (nSPS) is 16.8. The summed E-state index contributed by atoms with van der Waals surface area (Å²) in [7, 11) is 0. The second kappa shape index (κ2) is 6.64. The summed E-state index contributed by atoms with van der Waals surface area (Å²) in [6, 6.07) is 4.10. The van der Waals surface area contributed by atoms with E-state index in [0.717, 1.165) is 25.0 Å². The van der Waals surface area contributed by atoms with Gasteiger partial charge in [0.25, 0.3) is 0 Å². The molecule has 1 fully saturated rings. The molecule has 1 N–H and O–H groups in total. The Morgan fingerprint density at radius 1 is 1.39 bits per heavy atom. The largest absolute Gasteiger partial charge is 0.465 e. The highest BCUT2D eigenvalue weighted by Gasteiger charge is 2.22. The average Bonchev–Trinajstić information content (AvgIpc) is 2.40. The Morgan fingerprint density at radius 3 is 2.67 bits per heavy atom. The van der Waals surface area contributed by atoms with Crippen LogP contribution in [0.3, 0.4) is 0 Å². The van der Waals surface area contributed by atoms with Crippen molar-refractivity contribution in [1.82, 2.24) is 9.88 Å². The van der Waals surface area contributed by atoms with Gasteiger partial charge in [-0.2, -0.15) is 11.8 Å². The van der Waals surface area contributed by atoms with Crippen molar-refractivity contribution >= 4 is 17.9 Å². The first-order valence-electron chi connectivity index (χ1n) is 6.24. The Bertz CT molecular complexity index is 378. The van der Waals surface area contributed by atoms with E-state index < -0.39 is 6.09 Å². The van der Waals surface area contributed by atoms with Crippen LogP contribution in [0.5, 0.6) is 0 Å². The maximum atomic E-state index is 10.8. The van der Waals surface area contributed by atoms with Crippen LogP contribution in [0.25, 0.3) is 0 Å². The minimum absolute atomic E-state index is 0.613. The van der Waals surface area contributed by atoms with Gasteiger partial charge in [-0.1, -0.05) is 0 Å². The first-order valence-corrected chi connectivity index (χ1v) is 7.29. The second-order valence-corrected chi connectivity index (χ2v) is 5.85. The smallest absolute Gasteiger partial charge is 0.407 e. The molecule has 1 aliphatic rings. The molecule has 0 saturated carbocycles. The van der Waals surface area contributed by atoms with E-state index in [-0.39, 0.29) is 0 Å². The minimum atomic E-state index is -0.782. The molecule has 0 aromatic carbocycles. The van der Waals surface area contributed by atoms with E-state index in [4.69, 9.17) is 5.11 Å². The predicted octanol–water partition coefficient (Wildman–Crippen LogP) is 2.50. The number of aryl methyl sites for hydroxylation is 1. The Kier molecular flexibility index (Phi) is 4.87. The molecular formula is C13H18N2O2S. The Morgan fingerprint density at radius 2 is 2.06 bits per heavy atom. The number of hydrogen-bond acceptors (Lipinski definition) is 3. The lowest BCUT2D eigenvalue weighted by Gasteiger charge is -2.29. The molecule has 0 bridgehead atoms. The number of pyridine rings is 1. The third kappa shape index (κ3) is 3.91. The van der Waals surface area contributed by atoms with E-state index in [0.29, 0.717) is 18.3 Å². The van der Waals surface area contributed by atoms with Gasteiger partial charge in [0.2, 0.25) is 0 Å². The fraction of sp³-hybridized carbons (Fsp3) is 0.538. The van der Waals surface area contributed by atoms with Crippen LogP contribution in [0.4, 0.5) is 4.79 Å². The number of thioether (sulfide) groups is 1. The zero-order chi connectivity index (χ0) is 12.8. The van der Waals surface area contributed by atoms with Crippen molar-refractivity contribution < 1.29 is 9.90 Å². The van der Waals surface area contributed by atoms with Crippen molar-refractivity contribution in [2.24, 2.45) is 0 Å². The van der Waals surface area contributed by atoms with Crippen molar-refractivity contribution in [3.63, 3.8) is 0 Å². The van der Waals surface area contributed by atoms with Crippen molar-refractivity contribution in [3.8, 4) is 0 Å². The van der Waals surface area contributed by atoms with Crippen LogP contribution >= 0.6 is 11.8 Å². The summed E-state index contributed by atoms with van der Waals surface area (Å²) in [6.07, 6.45) is 5.89. The van der Waals surface area contributed by atoms with Crippen LogP contribution in [0.15, 0.2) is 24.5 Å². The van der Waals surface area contributed by atoms with Crippen LogP contribution in [-0.4, -0.2) is 45.2 Å². The first kappa shape index (κ1) is 13.2. The van der Waals surface area contributed by atoms with Gasteiger partial charge in [-0.25, -0.2) is 4.79 Å². The monoisotopic (exact) mass is 266 g/mol. The molecule has 98 valence electrons. The summed E-state index contributed by atoms with van der Waals surface area (Å²) in [5.74, 6) is 1.10. The van der Waals surface area contributed by atoms with Gasteiger partial charge in [-0.05, 0) is 42.7 Å². The third-order valence-corrected chi connectivity index (χ3v) is 4.59. The number of likely N-dealkylation sites (tertiary alicyclic amines) is 1. The molecule has 5 heteroatoms. The first-order chi connectivity index (χ1) is 8.75. The molecule has 0 atom stereocenters. The van der Waals surface area contributed by atoms with Crippen LogP contribution < -0.4 is 0 Å². The molecule has 1 saturated heterocycles. The van der Waals surface area contributed by atoms with Gasteiger partial charge >= 0.3 is 6.09 Å². The second-order valence-electron chi connectivity index (χ2n) is 4.45. The van der Waals surface area contributed by atoms with E-state index in [1.165, 1.54) is 10.5 Å². The predicted molar refractivity (Wildman–Crippen MR) is 73.0 cm³/mol. The lowest BCUT2D eigenvalue weighted by atomic mass is 10.1. The summed E-state index contributed by atoms with van der Waals surface area (Å²) in [5.41, 5.74) is 1.32. The van der Waals surface area contributed by atoms with Gasteiger partial charge in [0.1, 0.15) is 0 Å². The fourth-order valence-corrected chi connectivity index (χ4v) is 3.34. The maximum Gasteiger partial charge on any atom is 0.407 e. The lowest BCUT2D eigenvalue weighted by Crippen LogP contribution is -2.38. The van der Waals surface area contributed by atoms with Crippen LogP contribution in [0.2, 0.25) is 0 Å². The van der Waals surface area contributed by atoms with Crippen molar-refractivity contribution in [1.29, 1.82) is 0 Å². The highest BCUT2D eigenvalue weighted by molar-refractivity contribution is 7.99. The molecule has 1 amide bonds. The lowest BCUT2D eigenvalue weighted by molar-refractivity contribution is 0.136. The van der Waals surface area contributed by atoms with Gasteiger partial charge in [0.15, 0.2) is 0 Å². The molecule has 2 heterocycles. The third-order valence-electron chi connectivity index (χ3n) is 3.21. The Balaban J connectivity index is 1.65. The van der Waals surface area contributed by atoms with Gasteiger partial charge in [-0.15, -0.1) is 0 Å². The van der Waals surface area contributed by atoms with Gasteiger partial charge in [0, 0.05) is 30.7 Å². The highest BCUT2D eigenvalue weighted by Crippen LogP contribution is 2.24. The van der Waals surface area contributed by atoms with Gasteiger partial charge in [-0.3, -0.25) is 4.98 Å². The zero-order valence-electron chi connectivity index (χ0n) is 10.3. The summed E-state index contributed by atoms with van der Waals surface area (Å²) in [5, 5.41) is 9.48. The van der Waals surface area contributed by atoms with Crippen molar-refractivity contribution in [2.75, 3.05) is 18.8 Å². The number of piperidine rings is 1. The van der Waals surface area contributed by atoms with Crippen molar-refractivity contribution in [3.05, 3.63) is 30.1 Å². The molecule has 18 heavy (non-hydrogen) atoms. The van der Waals surface area contributed by atoms with Crippen LogP contribution in [-0.2, 0) is 6.42 Å². The minimum Gasteiger partial charge on any atom is -0.465 e. The maximum absolute atomic E-state index is 10.8. The number of carboxylic acid groups (broad SMARTS) is 1. The van der Waals surface area contributed by atoms with E-state index in [1.54, 1.807) is 0 Å². The average molecular weight is 266 g/mol. The number of carbonyl (C=O) groups is 1. The van der Waals surface area contributed by atoms with Crippen LogP contribution in [0.1, 0.15) is 18.4 Å². The van der Waals surface area contributed by atoms with E-state index in [9.17, 15) is 4.79 Å². The summed E-state index contributed by atoms with van der Waals surface area (Å²) in [6.45, 7) is 1.37. The van der Waals surface area contributed by atoms with E-state index >= 15 is 0 Å². The summed E-state index contributed by atoms with van der Waals surface area (Å²) in [4.78, 5) is 16.3. The highest BCUT2D eigenvalue weighted by atomic mass is 32.2. The molecule has 0 unspecified atom stereocenters. The standard InChI is InChI=1S/C13H18N2O2S/c16-13(17)15-8-3-12(4-9-15)18-10-5-11-1-6-14-7-2-11/h1-2,6-7,12H,3-5,8-10H2,(H,16,17). The fourth-order valence-electron chi connectivity index (χ4n) is 2.11. The molecule has 0 spiro atoms. The van der Waals surface area contributed by atoms with Gasteiger partial charge in [0.05, 0.1) is 0 Å². The number of aromatic nitrogens is 1. The molecular weight excluding hydrogens is 248 g/mol. The molecule has 0 radical (unpaired) electrons. The zero-order valence-corrected chi connectivity index (χ0v) is 11.1. The van der Waals surface area contributed by atoms with E-state index in [1.807, 2.05) is 36.3 Å². The molecule has 1 aromatic heterocycles. The van der Waals surface area contributed by atoms with E-state index in [2.05, 4.69) is 4.98 Å². The topological polar surface area (TPSA) is 53.4 Å². The Hall–Kier alpha value is -1.23. The van der Waals surface area contributed by atoms with Crippen molar-refractivity contribution in [2.45, 2.75) is 24.5 Å². The molecule has 1 aromatic rings. The Labute approximate surface area is 111 Å².